The predicted octanol–water partition coefficient (Wildman–Crippen LogP) is 1.14. The molecule has 0 aliphatic heterocycles. The second-order valence-electron chi connectivity index (χ2n) is 3.54. The molecule has 1 aromatic heterocycles. The van der Waals surface area contributed by atoms with Crippen molar-refractivity contribution in [3.63, 3.8) is 0 Å². The van der Waals surface area contributed by atoms with Gasteiger partial charge in [0.05, 0.1) is 0 Å². The van der Waals surface area contributed by atoms with E-state index in [1.54, 1.807) is 30.7 Å². The van der Waals surface area contributed by atoms with E-state index in [0.29, 0.717) is 9.96 Å². The maximum absolute atomic E-state index is 12.1. The van der Waals surface area contributed by atoms with Crippen molar-refractivity contribution in [1.82, 2.24) is 4.31 Å². The normalized spacial score (nSPS) is 16.2. The number of rotatable bonds is 5. The Labute approximate surface area is 103 Å². The van der Waals surface area contributed by atoms with Crippen LogP contribution in [0.15, 0.2) is 21.7 Å². The third kappa shape index (κ3) is 3.13. The molecule has 0 N–H and O–H groups in total. The summed E-state index contributed by atoms with van der Waals surface area (Å²) in [6, 6.07) is 3.01. The fraction of sp³-hybridized carbons (Fsp3) is 0.556. The summed E-state index contributed by atoms with van der Waals surface area (Å²) in [5.74, 6) is 0.348. The van der Waals surface area contributed by atoms with Gasteiger partial charge in [0, 0.05) is 35.9 Å². The van der Waals surface area contributed by atoms with Crippen LogP contribution < -0.4 is 0 Å². The van der Waals surface area contributed by atoms with Crippen LogP contribution in [0, 0.1) is 0 Å². The summed E-state index contributed by atoms with van der Waals surface area (Å²) in [4.78, 5) is 0. The summed E-state index contributed by atoms with van der Waals surface area (Å²) in [6.07, 6.45) is 1.57. The van der Waals surface area contributed by atoms with Crippen LogP contribution in [-0.4, -0.2) is 42.0 Å². The molecule has 0 bridgehead atoms. The first-order chi connectivity index (χ1) is 7.35. The van der Waals surface area contributed by atoms with Crippen molar-refractivity contribution in [3.8, 4) is 0 Å². The molecule has 1 rings (SSSR count). The molecule has 0 saturated heterocycles. The lowest BCUT2D eigenvalue weighted by atomic mass is 10.4. The zero-order valence-electron chi connectivity index (χ0n) is 9.41. The van der Waals surface area contributed by atoms with Gasteiger partial charge in [0.25, 0.3) is 10.0 Å². The molecule has 0 aliphatic rings. The molecular weight excluding hydrogens is 266 g/mol. The molecule has 16 heavy (non-hydrogen) atoms. The first-order valence-electron chi connectivity index (χ1n) is 4.67. The molecule has 0 spiro atoms. The Morgan fingerprint density at radius 3 is 2.62 bits per heavy atom. The Hall–Kier alpha value is -0.240. The third-order valence-electron chi connectivity index (χ3n) is 2.23. The van der Waals surface area contributed by atoms with Crippen LogP contribution in [0.3, 0.4) is 0 Å². The molecule has 1 heterocycles. The van der Waals surface area contributed by atoms with Gasteiger partial charge in [0.1, 0.15) is 4.21 Å². The molecule has 0 aromatic carbocycles. The van der Waals surface area contributed by atoms with Crippen LogP contribution >= 0.6 is 11.3 Å². The zero-order chi connectivity index (χ0) is 12.3. The van der Waals surface area contributed by atoms with Gasteiger partial charge in [-0.05, 0) is 18.4 Å². The van der Waals surface area contributed by atoms with E-state index < -0.39 is 20.8 Å². The second kappa shape index (κ2) is 5.39. The maximum Gasteiger partial charge on any atom is 0.252 e. The second-order valence-corrected chi connectivity index (χ2v) is 8.19. The molecule has 0 amide bonds. The van der Waals surface area contributed by atoms with E-state index in [1.807, 2.05) is 0 Å². The van der Waals surface area contributed by atoms with E-state index in [-0.39, 0.29) is 6.04 Å². The molecule has 2 atom stereocenters. The van der Waals surface area contributed by atoms with Crippen LogP contribution in [0.25, 0.3) is 0 Å². The smallest absolute Gasteiger partial charge is 0.252 e. The van der Waals surface area contributed by atoms with Gasteiger partial charge < -0.3 is 0 Å². The molecule has 0 saturated carbocycles. The van der Waals surface area contributed by atoms with Crippen LogP contribution in [0.1, 0.15) is 6.92 Å². The van der Waals surface area contributed by atoms with Gasteiger partial charge >= 0.3 is 0 Å². The summed E-state index contributed by atoms with van der Waals surface area (Å²) in [7, 11) is -2.90. The highest BCUT2D eigenvalue weighted by atomic mass is 32.2. The van der Waals surface area contributed by atoms with Gasteiger partial charge in [0.2, 0.25) is 0 Å². The number of hydrogen-bond donors (Lipinski definition) is 0. The van der Waals surface area contributed by atoms with Crippen molar-refractivity contribution < 1.29 is 12.6 Å². The summed E-state index contributed by atoms with van der Waals surface area (Å²) in [6.45, 7) is 1.76. The Bertz CT molecular complexity index is 452. The van der Waals surface area contributed by atoms with Crippen molar-refractivity contribution in [2.24, 2.45) is 0 Å². The lowest BCUT2D eigenvalue weighted by Gasteiger charge is -2.22. The Kier molecular flexibility index (Phi) is 4.66. The Balaban J connectivity index is 2.89. The molecule has 0 fully saturated rings. The Morgan fingerprint density at radius 2 is 2.19 bits per heavy atom. The van der Waals surface area contributed by atoms with Crippen molar-refractivity contribution in [2.45, 2.75) is 17.2 Å². The molecule has 0 aliphatic carbocycles. The highest BCUT2D eigenvalue weighted by molar-refractivity contribution is 7.91. The summed E-state index contributed by atoms with van der Waals surface area (Å²) in [5, 5.41) is 1.73. The molecule has 92 valence electrons. The van der Waals surface area contributed by atoms with E-state index in [9.17, 15) is 12.6 Å². The molecule has 4 nitrogen and oxygen atoms in total. The fourth-order valence-electron chi connectivity index (χ4n) is 1.23. The van der Waals surface area contributed by atoms with E-state index in [0.717, 1.165) is 0 Å². The van der Waals surface area contributed by atoms with Crippen molar-refractivity contribution in [2.75, 3.05) is 19.1 Å². The highest BCUT2D eigenvalue weighted by Crippen LogP contribution is 2.21. The number of sulfonamides is 1. The van der Waals surface area contributed by atoms with Gasteiger partial charge in [-0.2, -0.15) is 4.31 Å². The highest BCUT2D eigenvalue weighted by Gasteiger charge is 2.26. The molecule has 7 heteroatoms. The minimum atomic E-state index is -3.42. The van der Waals surface area contributed by atoms with Crippen molar-refractivity contribution in [1.29, 1.82) is 0 Å². The first kappa shape index (κ1) is 13.8. The number of thiophene rings is 1. The quantitative estimate of drug-likeness (QED) is 0.813. The number of nitrogens with zero attached hydrogens (tertiary/aromatic N) is 1. The summed E-state index contributed by atoms with van der Waals surface area (Å²) < 4.78 is 36.8. The van der Waals surface area contributed by atoms with Crippen LogP contribution in [-0.2, 0) is 20.8 Å². The summed E-state index contributed by atoms with van der Waals surface area (Å²) >= 11 is 1.19. The van der Waals surface area contributed by atoms with E-state index in [2.05, 4.69) is 0 Å². The molecule has 2 unspecified atom stereocenters. The fourth-order valence-corrected chi connectivity index (χ4v) is 4.77. The minimum absolute atomic E-state index is 0.266. The predicted molar refractivity (Wildman–Crippen MR) is 67.7 cm³/mol. The largest absolute Gasteiger partial charge is 0.260 e. The van der Waals surface area contributed by atoms with E-state index >= 15 is 0 Å². The lowest BCUT2D eigenvalue weighted by molar-refractivity contribution is 0.414. The van der Waals surface area contributed by atoms with Crippen LogP contribution in [0.2, 0.25) is 0 Å². The van der Waals surface area contributed by atoms with Crippen LogP contribution in [0.4, 0.5) is 0 Å². The van der Waals surface area contributed by atoms with Gasteiger partial charge in [-0.25, -0.2) is 8.42 Å². The molecule has 1 aromatic rings. The van der Waals surface area contributed by atoms with Gasteiger partial charge in [-0.3, -0.25) is 4.21 Å². The van der Waals surface area contributed by atoms with Crippen molar-refractivity contribution in [3.05, 3.63) is 17.5 Å². The van der Waals surface area contributed by atoms with Gasteiger partial charge in [0.15, 0.2) is 0 Å². The first-order valence-corrected chi connectivity index (χ1v) is 8.72. The van der Waals surface area contributed by atoms with E-state index in [1.165, 1.54) is 22.7 Å². The van der Waals surface area contributed by atoms with Crippen LogP contribution in [0.5, 0.6) is 0 Å². The van der Waals surface area contributed by atoms with Gasteiger partial charge in [-0.1, -0.05) is 6.07 Å². The van der Waals surface area contributed by atoms with Gasteiger partial charge in [-0.15, -0.1) is 11.3 Å². The lowest BCUT2D eigenvalue weighted by Crippen LogP contribution is -2.37. The maximum atomic E-state index is 12.1. The molecular formula is C9H15NO3S3. The monoisotopic (exact) mass is 281 g/mol. The topological polar surface area (TPSA) is 54.5 Å². The van der Waals surface area contributed by atoms with Crippen molar-refractivity contribution >= 4 is 32.2 Å². The third-order valence-corrected chi connectivity index (χ3v) is 6.52. The van der Waals surface area contributed by atoms with E-state index in [4.69, 9.17) is 0 Å². The standard InChI is InChI=1S/C9H15NO3S3/c1-8(7-15(3)11)10(2)16(12,13)9-5-4-6-14-9/h4-6,8H,7H2,1-3H3. The Morgan fingerprint density at radius 1 is 1.56 bits per heavy atom. The minimum Gasteiger partial charge on any atom is -0.260 e. The average molecular weight is 281 g/mol. The average Bonchev–Trinajstić information content (AvgIpc) is 2.68. The zero-order valence-corrected chi connectivity index (χ0v) is 11.9. The summed E-state index contributed by atoms with van der Waals surface area (Å²) in [5.41, 5.74) is 0. The number of hydrogen-bond acceptors (Lipinski definition) is 4. The SMILES string of the molecule is CC(CS(C)=O)N(C)S(=O)(=O)c1cccs1. The molecule has 0 radical (unpaired) electrons.